The molecule has 2 aliphatic heterocycles. The van der Waals surface area contributed by atoms with Gasteiger partial charge in [0.15, 0.2) is 0 Å². The van der Waals surface area contributed by atoms with Crippen molar-refractivity contribution in [2.75, 3.05) is 0 Å². The standard InChI is InChI=1S/C19H29N3O/c1-14(2)22-17-9-6-10-18(22)12-16(11-17)21-19(23)20-13-15-7-4-3-5-8-15/h3-5,7-8,14,16-18H,6,9-13H2,1-2H3,(H2,20,21,23)/p+1/t16?,17-,18+. The number of hydrogen-bond donors (Lipinski definition) is 3. The zero-order valence-electron chi connectivity index (χ0n) is 14.3. The molecule has 126 valence electrons. The smallest absolute Gasteiger partial charge is 0.315 e. The van der Waals surface area contributed by atoms with Crippen LogP contribution < -0.4 is 15.5 Å². The molecule has 2 fully saturated rings. The number of carbonyl (C=O) groups is 1. The number of hydrogen-bond acceptors (Lipinski definition) is 1. The minimum Gasteiger partial charge on any atom is -0.335 e. The normalized spacial score (nSPS) is 30.0. The summed E-state index contributed by atoms with van der Waals surface area (Å²) in [6, 6.07) is 12.5. The molecule has 0 saturated carbocycles. The molecule has 23 heavy (non-hydrogen) atoms. The summed E-state index contributed by atoms with van der Waals surface area (Å²) in [5, 5.41) is 6.20. The Morgan fingerprint density at radius 1 is 1.17 bits per heavy atom. The molecule has 4 nitrogen and oxygen atoms in total. The van der Waals surface area contributed by atoms with Crippen molar-refractivity contribution < 1.29 is 9.69 Å². The zero-order chi connectivity index (χ0) is 16.2. The van der Waals surface area contributed by atoms with Gasteiger partial charge in [-0.2, -0.15) is 0 Å². The molecular weight excluding hydrogens is 286 g/mol. The van der Waals surface area contributed by atoms with Crippen LogP contribution in [0.5, 0.6) is 0 Å². The van der Waals surface area contributed by atoms with E-state index in [1.54, 1.807) is 4.90 Å². The van der Waals surface area contributed by atoms with Crippen LogP contribution in [0.25, 0.3) is 0 Å². The Kier molecular flexibility index (Phi) is 5.21. The van der Waals surface area contributed by atoms with Gasteiger partial charge in [-0.05, 0) is 38.7 Å². The molecule has 3 rings (SSSR count). The van der Waals surface area contributed by atoms with Gasteiger partial charge in [0.05, 0.1) is 18.1 Å². The maximum absolute atomic E-state index is 12.2. The highest BCUT2D eigenvalue weighted by Crippen LogP contribution is 2.22. The molecule has 3 N–H and O–H groups in total. The average molecular weight is 316 g/mol. The largest absolute Gasteiger partial charge is 0.335 e. The van der Waals surface area contributed by atoms with Gasteiger partial charge in [0, 0.05) is 25.4 Å². The third kappa shape index (κ3) is 4.05. The number of nitrogens with one attached hydrogen (secondary N) is 3. The molecule has 0 radical (unpaired) electrons. The van der Waals surface area contributed by atoms with Crippen molar-refractivity contribution >= 4 is 6.03 Å². The minimum atomic E-state index is -0.0232. The van der Waals surface area contributed by atoms with Crippen molar-refractivity contribution in [2.45, 2.75) is 76.7 Å². The molecule has 2 heterocycles. The van der Waals surface area contributed by atoms with Crippen LogP contribution in [-0.2, 0) is 6.54 Å². The van der Waals surface area contributed by atoms with E-state index in [2.05, 4.69) is 24.5 Å². The summed E-state index contributed by atoms with van der Waals surface area (Å²) >= 11 is 0. The van der Waals surface area contributed by atoms with Crippen molar-refractivity contribution in [2.24, 2.45) is 0 Å². The van der Waals surface area contributed by atoms with E-state index in [4.69, 9.17) is 0 Å². The second kappa shape index (κ2) is 7.35. The van der Waals surface area contributed by atoms with Crippen molar-refractivity contribution in [3.8, 4) is 0 Å². The van der Waals surface area contributed by atoms with E-state index in [9.17, 15) is 4.79 Å². The van der Waals surface area contributed by atoms with Gasteiger partial charge >= 0.3 is 6.03 Å². The van der Waals surface area contributed by atoms with Gasteiger partial charge in [-0.15, -0.1) is 0 Å². The first-order valence-corrected chi connectivity index (χ1v) is 9.08. The SMILES string of the molecule is CC(C)[NH+]1[C@@H]2CCC[C@H]1CC(NC(=O)NCc1ccccc1)C2. The number of piperidine rings is 2. The average Bonchev–Trinajstić information content (AvgIpc) is 2.53. The quantitative estimate of drug-likeness (QED) is 0.780. The highest BCUT2D eigenvalue weighted by atomic mass is 16.2. The summed E-state index contributed by atoms with van der Waals surface area (Å²) in [7, 11) is 0. The second-order valence-electron chi connectivity index (χ2n) is 7.46. The summed E-state index contributed by atoms with van der Waals surface area (Å²) in [5.74, 6) is 0. The first kappa shape index (κ1) is 16.3. The molecule has 2 saturated heterocycles. The first-order chi connectivity index (χ1) is 11.1. The number of benzene rings is 1. The lowest BCUT2D eigenvalue weighted by Crippen LogP contribution is -3.23. The van der Waals surface area contributed by atoms with E-state index < -0.39 is 0 Å². The minimum absolute atomic E-state index is 0.0232. The number of urea groups is 1. The Bertz CT molecular complexity index is 503. The van der Waals surface area contributed by atoms with Gasteiger partial charge in [-0.1, -0.05) is 30.3 Å². The maximum atomic E-state index is 12.2. The predicted molar refractivity (Wildman–Crippen MR) is 92.4 cm³/mol. The van der Waals surface area contributed by atoms with E-state index in [1.807, 2.05) is 30.3 Å². The summed E-state index contributed by atoms with van der Waals surface area (Å²) < 4.78 is 0. The molecule has 2 amide bonds. The highest BCUT2D eigenvalue weighted by molar-refractivity contribution is 5.74. The summed E-state index contributed by atoms with van der Waals surface area (Å²) in [5.41, 5.74) is 1.14. The summed E-state index contributed by atoms with van der Waals surface area (Å²) in [6.07, 6.45) is 6.24. The predicted octanol–water partition coefficient (Wildman–Crippen LogP) is 1.86. The maximum Gasteiger partial charge on any atom is 0.315 e. The third-order valence-electron chi connectivity index (χ3n) is 5.48. The molecule has 2 unspecified atom stereocenters. The third-order valence-corrected chi connectivity index (χ3v) is 5.48. The van der Waals surface area contributed by atoms with Gasteiger partial charge in [0.1, 0.15) is 0 Å². The summed E-state index contributed by atoms with van der Waals surface area (Å²) in [6.45, 7) is 5.26. The zero-order valence-corrected chi connectivity index (χ0v) is 14.3. The number of rotatable bonds is 4. The lowest BCUT2D eigenvalue weighted by Gasteiger charge is -2.47. The van der Waals surface area contributed by atoms with Crippen molar-refractivity contribution in [1.29, 1.82) is 0 Å². The summed E-state index contributed by atoms with van der Waals surface area (Å²) in [4.78, 5) is 14.0. The van der Waals surface area contributed by atoms with E-state index in [-0.39, 0.29) is 6.03 Å². The van der Waals surface area contributed by atoms with Crippen LogP contribution in [0.4, 0.5) is 4.79 Å². The van der Waals surface area contributed by atoms with E-state index in [0.717, 1.165) is 30.5 Å². The Morgan fingerprint density at radius 2 is 1.83 bits per heavy atom. The van der Waals surface area contributed by atoms with Crippen molar-refractivity contribution in [3.05, 3.63) is 35.9 Å². The van der Waals surface area contributed by atoms with Gasteiger partial charge in [-0.25, -0.2) is 4.79 Å². The van der Waals surface area contributed by atoms with Gasteiger partial charge in [-0.3, -0.25) is 0 Å². The van der Waals surface area contributed by atoms with Crippen LogP contribution in [0.2, 0.25) is 0 Å². The molecule has 1 aromatic rings. The van der Waals surface area contributed by atoms with E-state index in [1.165, 1.54) is 19.3 Å². The first-order valence-electron chi connectivity index (χ1n) is 9.08. The molecule has 0 aliphatic carbocycles. The highest BCUT2D eigenvalue weighted by Gasteiger charge is 2.43. The van der Waals surface area contributed by atoms with Crippen LogP contribution in [0.15, 0.2) is 30.3 Å². The molecule has 4 atom stereocenters. The molecule has 0 spiro atoms. The van der Waals surface area contributed by atoms with Gasteiger partial charge in [0.2, 0.25) is 0 Å². The van der Waals surface area contributed by atoms with Crippen molar-refractivity contribution in [1.82, 2.24) is 10.6 Å². The number of carbonyl (C=O) groups excluding carboxylic acids is 1. The molecular formula is C19H30N3O+. The lowest BCUT2D eigenvalue weighted by atomic mass is 9.81. The van der Waals surface area contributed by atoms with E-state index >= 15 is 0 Å². The fourth-order valence-corrected chi connectivity index (χ4v) is 4.64. The Morgan fingerprint density at radius 3 is 2.43 bits per heavy atom. The van der Waals surface area contributed by atoms with Crippen LogP contribution >= 0.6 is 0 Å². The number of amides is 2. The number of quaternary nitrogens is 1. The fourth-order valence-electron chi connectivity index (χ4n) is 4.64. The van der Waals surface area contributed by atoms with Crippen LogP contribution in [0, 0.1) is 0 Å². The lowest BCUT2D eigenvalue weighted by molar-refractivity contribution is -0.980. The molecule has 2 aliphatic rings. The monoisotopic (exact) mass is 316 g/mol. The Balaban J connectivity index is 1.50. The molecule has 2 bridgehead atoms. The topological polar surface area (TPSA) is 45.6 Å². The van der Waals surface area contributed by atoms with Gasteiger partial charge < -0.3 is 15.5 Å². The number of fused-ring (bicyclic) bond motifs is 2. The molecule has 1 aromatic carbocycles. The van der Waals surface area contributed by atoms with Crippen molar-refractivity contribution in [3.63, 3.8) is 0 Å². The molecule has 0 aromatic heterocycles. The van der Waals surface area contributed by atoms with Crippen LogP contribution in [0.1, 0.15) is 51.5 Å². The van der Waals surface area contributed by atoms with Crippen LogP contribution in [0.3, 0.4) is 0 Å². The van der Waals surface area contributed by atoms with Crippen LogP contribution in [-0.4, -0.2) is 30.2 Å². The Hall–Kier alpha value is -1.55. The van der Waals surface area contributed by atoms with Gasteiger partial charge in [0.25, 0.3) is 0 Å². The second-order valence-corrected chi connectivity index (χ2v) is 7.46. The Labute approximate surface area is 139 Å². The fraction of sp³-hybridized carbons (Fsp3) is 0.632. The molecule has 4 heteroatoms. The van der Waals surface area contributed by atoms with E-state index in [0.29, 0.717) is 18.6 Å².